The highest BCUT2D eigenvalue weighted by atomic mass is 28.3. The Bertz CT molecular complexity index is 1600. The van der Waals surface area contributed by atoms with Crippen molar-refractivity contribution in [3.8, 4) is 34.5 Å². The molecule has 380 valence electrons. The molecule has 0 saturated heterocycles. The van der Waals surface area contributed by atoms with Gasteiger partial charge in [-0.2, -0.15) is 0 Å². The van der Waals surface area contributed by atoms with Crippen molar-refractivity contribution in [2.24, 2.45) is 0 Å². The van der Waals surface area contributed by atoms with Gasteiger partial charge < -0.3 is 85.3 Å². The molecule has 18 nitrogen and oxygen atoms in total. The number of fused-ring (bicyclic) bond motifs is 3. The number of rotatable bonds is 3. The van der Waals surface area contributed by atoms with Crippen molar-refractivity contribution in [3.05, 3.63) is 54.6 Å². The molecule has 0 bridgehead atoms. The van der Waals surface area contributed by atoms with Crippen LogP contribution < -0.4 is 44.0 Å². The molecule has 0 aliphatic carbocycles. The van der Waals surface area contributed by atoms with Crippen molar-refractivity contribution in [2.75, 3.05) is 198 Å². The standard InChI is InChI=1S/C49H72O18Si/c1-68(41-2-5-44-47(38-41)65-35-29-59-23-17-53-11-8-50-14-20-56-26-32-62-44,42-3-6-45-48(39-42)66-36-30-60-24-18-54-12-9-51-15-21-57-27-33-63-45)43-4-7-46-49(40-43)67-37-31-61-25-19-55-13-10-52-16-22-58-28-34-64-46/h2-7,38-40H,8-37H2,1H3. The smallest absolute Gasteiger partial charge is 0.161 e. The Morgan fingerprint density at radius 3 is 0.574 bits per heavy atom. The highest BCUT2D eigenvalue weighted by molar-refractivity contribution is 7.10. The SMILES string of the molecule is C[Si](c1ccc2c(c1)OCCOCCOCCOCCOCCO2)(c1ccc2c(c1)OCCOCCOCCOCCOCCO2)c1ccc2c(c1)OCCOCCOCCOCCOCCO2. The van der Waals surface area contributed by atoms with Crippen LogP contribution in [0.3, 0.4) is 0 Å². The normalized spacial score (nSPS) is 20.4. The van der Waals surface area contributed by atoms with Crippen molar-refractivity contribution >= 4 is 23.6 Å². The fourth-order valence-corrected chi connectivity index (χ4v) is 10.7. The first kappa shape index (κ1) is 53.5. The molecule has 0 unspecified atom stereocenters. The maximum absolute atomic E-state index is 6.48. The van der Waals surface area contributed by atoms with E-state index in [1.54, 1.807) is 0 Å². The Morgan fingerprint density at radius 2 is 0.382 bits per heavy atom. The molecule has 0 radical (unpaired) electrons. The molecule has 3 aromatic carbocycles. The minimum Gasteiger partial charge on any atom is -0.487 e. The van der Waals surface area contributed by atoms with E-state index >= 15 is 0 Å². The highest BCUT2D eigenvalue weighted by Gasteiger charge is 2.37. The third-order valence-electron chi connectivity index (χ3n) is 10.8. The lowest BCUT2D eigenvalue weighted by Gasteiger charge is -2.31. The van der Waals surface area contributed by atoms with Gasteiger partial charge in [0.1, 0.15) is 47.7 Å². The molecular formula is C49H72O18Si. The molecule has 19 heteroatoms. The maximum Gasteiger partial charge on any atom is 0.161 e. The fourth-order valence-electron chi connectivity index (χ4n) is 7.20. The first-order chi connectivity index (χ1) is 33.7. The van der Waals surface area contributed by atoms with Gasteiger partial charge in [0.05, 0.1) is 159 Å². The number of hydrogen-bond donors (Lipinski definition) is 0. The average molecular weight is 977 g/mol. The minimum atomic E-state index is -3.04. The quantitative estimate of drug-likeness (QED) is 0.277. The molecule has 3 aliphatic rings. The van der Waals surface area contributed by atoms with E-state index in [1.807, 2.05) is 18.2 Å². The predicted octanol–water partition coefficient (Wildman–Crippen LogP) is 2.30. The maximum atomic E-state index is 6.48. The van der Waals surface area contributed by atoms with Gasteiger partial charge >= 0.3 is 0 Å². The monoisotopic (exact) mass is 976 g/mol. The second-order valence-electron chi connectivity index (χ2n) is 15.5. The lowest BCUT2D eigenvalue weighted by atomic mass is 10.3. The van der Waals surface area contributed by atoms with Gasteiger partial charge in [-0.25, -0.2) is 0 Å². The zero-order valence-electron chi connectivity index (χ0n) is 39.8. The molecule has 0 fully saturated rings. The second kappa shape index (κ2) is 32.9. The first-order valence-electron chi connectivity index (χ1n) is 23.8. The second-order valence-corrected chi connectivity index (χ2v) is 19.5. The topological polar surface area (TPSA) is 166 Å². The van der Waals surface area contributed by atoms with Crippen molar-refractivity contribution in [2.45, 2.75) is 6.55 Å². The Balaban J connectivity index is 1.35. The molecular weight excluding hydrogens is 905 g/mol. The summed E-state index contributed by atoms with van der Waals surface area (Å²) in [4.78, 5) is 0. The van der Waals surface area contributed by atoms with Gasteiger partial charge in [0.25, 0.3) is 0 Å². The van der Waals surface area contributed by atoms with E-state index in [0.29, 0.717) is 233 Å². The largest absolute Gasteiger partial charge is 0.487 e. The zero-order valence-corrected chi connectivity index (χ0v) is 40.8. The summed E-state index contributed by atoms with van der Waals surface area (Å²) in [6.07, 6.45) is 0. The van der Waals surface area contributed by atoms with E-state index in [1.165, 1.54) is 0 Å². The highest BCUT2D eigenvalue weighted by Crippen LogP contribution is 2.32. The third-order valence-corrected chi connectivity index (χ3v) is 15.2. The van der Waals surface area contributed by atoms with Gasteiger partial charge in [-0.1, -0.05) is 24.7 Å². The van der Waals surface area contributed by atoms with Crippen LogP contribution in [0.1, 0.15) is 0 Å². The lowest BCUT2D eigenvalue weighted by Crippen LogP contribution is -2.64. The molecule has 0 amide bonds. The summed E-state index contributed by atoms with van der Waals surface area (Å²) in [7, 11) is -3.04. The van der Waals surface area contributed by atoms with E-state index in [-0.39, 0.29) is 0 Å². The Morgan fingerprint density at radius 1 is 0.221 bits per heavy atom. The van der Waals surface area contributed by atoms with E-state index in [0.717, 1.165) is 15.6 Å². The van der Waals surface area contributed by atoms with Crippen LogP contribution in [0.15, 0.2) is 54.6 Å². The number of benzene rings is 3. The number of ether oxygens (including phenoxy) is 18. The Hall–Kier alpha value is -3.80. The lowest BCUT2D eigenvalue weighted by molar-refractivity contribution is -0.00841. The molecule has 3 aliphatic heterocycles. The van der Waals surface area contributed by atoms with Gasteiger partial charge in [0, 0.05) is 0 Å². The van der Waals surface area contributed by atoms with Crippen LogP contribution >= 0.6 is 0 Å². The Labute approximate surface area is 401 Å². The molecule has 0 saturated carbocycles. The van der Waals surface area contributed by atoms with Crippen molar-refractivity contribution in [1.29, 1.82) is 0 Å². The van der Waals surface area contributed by atoms with Gasteiger partial charge in [-0.3, -0.25) is 0 Å². The Kier molecular flexibility index (Phi) is 25.9. The van der Waals surface area contributed by atoms with Gasteiger partial charge in [0.15, 0.2) is 34.5 Å². The predicted molar refractivity (Wildman–Crippen MR) is 253 cm³/mol. The van der Waals surface area contributed by atoms with Crippen LogP contribution in [0.4, 0.5) is 0 Å². The molecule has 0 N–H and O–H groups in total. The van der Waals surface area contributed by atoms with Gasteiger partial charge in [-0.15, -0.1) is 0 Å². The van der Waals surface area contributed by atoms with E-state index in [4.69, 9.17) is 85.3 Å². The van der Waals surface area contributed by atoms with Crippen molar-refractivity contribution < 1.29 is 85.3 Å². The molecule has 6 rings (SSSR count). The van der Waals surface area contributed by atoms with Crippen molar-refractivity contribution in [3.63, 3.8) is 0 Å². The van der Waals surface area contributed by atoms with Crippen molar-refractivity contribution in [1.82, 2.24) is 0 Å². The summed E-state index contributed by atoms with van der Waals surface area (Å²) in [6.45, 7) is 14.7. The fraction of sp³-hybridized carbons (Fsp3) is 0.633. The van der Waals surface area contributed by atoms with Crippen LogP contribution in [0, 0.1) is 0 Å². The molecule has 0 spiro atoms. The summed E-state index contributed by atoms with van der Waals surface area (Å²) < 4.78 is 107. The average Bonchev–Trinajstić information content (AvgIpc) is 3.35. The van der Waals surface area contributed by atoms with Crippen LogP contribution in [0.25, 0.3) is 0 Å². The summed E-state index contributed by atoms with van der Waals surface area (Å²) in [6, 6.07) is 18.4. The summed E-state index contributed by atoms with van der Waals surface area (Å²) in [5.74, 6) is 3.50. The molecule has 0 aromatic heterocycles. The minimum absolute atomic E-state index is 0.293. The molecule has 0 atom stereocenters. The molecule has 3 aromatic rings. The first-order valence-corrected chi connectivity index (χ1v) is 26.3. The molecule has 3 heterocycles. The van der Waals surface area contributed by atoms with Crippen LogP contribution in [0.2, 0.25) is 6.55 Å². The third kappa shape index (κ3) is 19.2. The van der Waals surface area contributed by atoms with Crippen LogP contribution in [-0.4, -0.2) is 206 Å². The summed E-state index contributed by atoms with van der Waals surface area (Å²) in [5, 5.41) is 3.10. The van der Waals surface area contributed by atoms with Crippen LogP contribution in [0.5, 0.6) is 34.5 Å². The van der Waals surface area contributed by atoms with Crippen LogP contribution in [-0.2, 0) is 56.8 Å². The number of hydrogen-bond acceptors (Lipinski definition) is 18. The molecule has 68 heavy (non-hydrogen) atoms. The zero-order chi connectivity index (χ0) is 47.0. The van der Waals surface area contributed by atoms with Gasteiger partial charge in [-0.05, 0) is 52.0 Å². The van der Waals surface area contributed by atoms with Gasteiger partial charge in [0.2, 0.25) is 0 Å². The van der Waals surface area contributed by atoms with E-state index < -0.39 is 8.07 Å². The van der Waals surface area contributed by atoms with E-state index in [9.17, 15) is 0 Å². The summed E-state index contributed by atoms with van der Waals surface area (Å²) in [5.41, 5.74) is 0. The summed E-state index contributed by atoms with van der Waals surface area (Å²) >= 11 is 0. The van der Waals surface area contributed by atoms with E-state index in [2.05, 4.69) is 42.9 Å².